The van der Waals surface area contributed by atoms with Crippen molar-refractivity contribution in [3.8, 4) is 0 Å². The fourth-order valence-electron chi connectivity index (χ4n) is 2.84. The molecule has 1 N–H and O–H groups in total. The van der Waals surface area contributed by atoms with Crippen molar-refractivity contribution in [2.24, 2.45) is 10.8 Å². The zero-order chi connectivity index (χ0) is 14.5. The maximum absolute atomic E-state index is 4.43. The third kappa shape index (κ3) is 2.84. The lowest BCUT2D eigenvalue weighted by Gasteiger charge is -2.19. The van der Waals surface area contributed by atoms with Crippen molar-refractivity contribution >= 4 is 11.3 Å². The van der Waals surface area contributed by atoms with Crippen LogP contribution < -0.4 is 5.32 Å². The van der Waals surface area contributed by atoms with Crippen LogP contribution in [0.3, 0.4) is 0 Å². The summed E-state index contributed by atoms with van der Waals surface area (Å²) >= 11 is 1.80. The first-order valence-electron chi connectivity index (χ1n) is 7.13. The first-order valence-corrected chi connectivity index (χ1v) is 7.95. The van der Waals surface area contributed by atoms with E-state index in [1.54, 1.807) is 11.3 Å². The molecule has 2 rings (SSSR count). The molecule has 0 bridgehead atoms. The smallest absolute Gasteiger partial charge is 0.121 e. The van der Waals surface area contributed by atoms with Crippen molar-refractivity contribution in [2.45, 2.75) is 66.3 Å². The molecule has 0 atom stereocenters. The number of hydrogen-bond acceptors (Lipinski definition) is 4. The number of rotatable bonds is 4. The third-order valence-electron chi connectivity index (χ3n) is 4.74. The quantitative estimate of drug-likeness (QED) is 0.916. The Balaban J connectivity index is 1.94. The number of nitrogens with one attached hydrogen (secondary N) is 1. The topological polar surface area (TPSA) is 37.8 Å². The Hall–Kier alpha value is -0.480. The van der Waals surface area contributed by atoms with Gasteiger partial charge in [0.05, 0.1) is 0 Å². The zero-order valence-electron chi connectivity index (χ0n) is 13.3. The fourth-order valence-corrected chi connectivity index (χ4v) is 4.16. The predicted octanol–water partition coefficient (Wildman–Crippen LogP) is 3.62. The minimum atomic E-state index is 0.175. The zero-order valence-corrected chi connectivity index (χ0v) is 14.1. The van der Waals surface area contributed by atoms with E-state index in [0.717, 1.165) is 18.0 Å². The van der Waals surface area contributed by atoms with E-state index >= 15 is 0 Å². The molecule has 1 saturated carbocycles. The molecule has 4 heteroatoms. The maximum atomic E-state index is 4.43. The minimum absolute atomic E-state index is 0.175. The Morgan fingerprint density at radius 3 is 2.16 bits per heavy atom. The van der Waals surface area contributed by atoms with Crippen LogP contribution in [0.15, 0.2) is 0 Å². The molecule has 0 aliphatic heterocycles. The van der Waals surface area contributed by atoms with Gasteiger partial charge in [-0.15, -0.1) is 21.5 Å². The number of hydrogen-bond donors (Lipinski definition) is 1. The normalized spacial score (nSPS) is 21.6. The second-order valence-electron chi connectivity index (χ2n) is 7.84. The van der Waals surface area contributed by atoms with Crippen LogP contribution >= 0.6 is 11.3 Å². The van der Waals surface area contributed by atoms with E-state index in [2.05, 4.69) is 64.0 Å². The highest BCUT2D eigenvalue weighted by Gasteiger charge is 2.66. The molecule has 1 aromatic heterocycles. The first kappa shape index (κ1) is 14.9. The number of nitrogens with zero attached hydrogens (tertiary/aromatic N) is 2. The Morgan fingerprint density at radius 1 is 1.11 bits per heavy atom. The average Bonchev–Trinajstić information content (AvgIpc) is 2.59. The van der Waals surface area contributed by atoms with E-state index in [4.69, 9.17) is 0 Å². The molecule has 19 heavy (non-hydrogen) atoms. The maximum Gasteiger partial charge on any atom is 0.121 e. The van der Waals surface area contributed by atoms with Gasteiger partial charge >= 0.3 is 0 Å². The van der Waals surface area contributed by atoms with Crippen LogP contribution in [0, 0.1) is 10.8 Å². The number of aromatic nitrogens is 2. The second-order valence-corrected chi connectivity index (χ2v) is 8.93. The first-order chi connectivity index (χ1) is 8.56. The van der Waals surface area contributed by atoms with Gasteiger partial charge in [0.25, 0.3) is 0 Å². The van der Waals surface area contributed by atoms with E-state index in [-0.39, 0.29) is 5.54 Å². The van der Waals surface area contributed by atoms with Crippen LogP contribution in [0.5, 0.6) is 0 Å². The summed E-state index contributed by atoms with van der Waals surface area (Å²) < 4.78 is 0. The Bertz CT molecular complexity index is 440. The van der Waals surface area contributed by atoms with Gasteiger partial charge in [0.15, 0.2) is 0 Å². The van der Waals surface area contributed by atoms with Gasteiger partial charge < -0.3 is 5.32 Å². The summed E-state index contributed by atoms with van der Waals surface area (Å²) in [7, 11) is 0. The molecule has 108 valence electrons. The molecule has 1 aliphatic carbocycles. The molecule has 0 spiro atoms. The van der Waals surface area contributed by atoms with Crippen LogP contribution in [0.4, 0.5) is 0 Å². The van der Waals surface area contributed by atoms with Gasteiger partial charge in [-0.2, -0.15) is 0 Å². The largest absolute Gasteiger partial charge is 0.312 e. The molecule has 1 heterocycles. The van der Waals surface area contributed by atoms with E-state index in [9.17, 15) is 0 Å². The molecule has 1 aliphatic rings. The molecule has 1 fully saturated rings. The standard InChI is InChI=1S/C15H27N3S/c1-13(2,3)16-9-8-10-17-18-12(19-10)11-14(4,5)15(11,6)7/h11,16H,8-9H2,1-7H3. The van der Waals surface area contributed by atoms with E-state index < -0.39 is 0 Å². The Morgan fingerprint density at radius 2 is 1.68 bits per heavy atom. The van der Waals surface area contributed by atoms with Gasteiger partial charge in [0, 0.05) is 24.4 Å². The van der Waals surface area contributed by atoms with Crippen LogP contribution in [0.1, 0.15) is 64.4 Å². The van der Waals surface area contributed by atoms with Crippen molar-refractivity contribution in [1.82, 2.24) is 15.5 Å². The summed E-state index contributed by atoms with van der Waals surface area (Å²) in [5, 5.41) is 14.7. The molecule has 0 radical (unpaired) electrons. The van der Waals surface area contributed by atoms with Crippen LogP contribution in [0.2, 0.25) is 0 Å². The van der Waals surface area contributed by atoms with Gasteiger partial charge in [-0.1, -0.05) is 27.7 Å². The highest BCUT2D eigenvalue weighted by Crippen LogP contribution is 2.73. The van der Waals surface area contributed by atoms with E-state index in [0.29, 0.717) is 16.7 Å². The molecular formula is C15H27N3S. The Kier molecular flexibility index (Phi) is 3.55. The lowest BCUT2D eigenvalue weighted by Crippen LogP contribution is -2.37. The highest BCUT2D eigenvalue weighted by atomic mass is 32.1. The molecule has 1 aromatic rings. The summed E-state index contributed by atoms with van der Waals surface area (Å²) in [6.45, 7) is 16.9. The molecule has 0 unspecified atom stereocenters. The van der Waals surface area contributed by atoms with Gasteiger partial charge in [-0.3, -0.25) is 0 Å². The lowest BCUT2D eigenvalue weighted by molar-refractivity contribution is 0.429. The van der Waals surface area contributed by atoms with E-state index in [1.807, 2.05) is 0 Å². The molecule has 0 saturated heterocycles. The van der Waals surface area contributed by atoms with Crippen molar-refractivity contribution in [1.29, 1.82) is 0 Å². The van der Waals surface area contributed by atoms with Crippen molar-refractivity contribution < 1.29 is 0 Å². The van der Waals surface area contributed by atoms with Crippen LogP contribution in [-0.4, -0.2) is 22.3 Å². The third-order valence-corrected chi connectivity index (χ3v) is 5.79. The molecule has 3 nitrogen and oxygen atoms in total. The molecule has 0 amide bonds. The lowest BCUT2D eigenvalue weighted by atomic mass is 10.0. The van der Waals surface area contributed by atoms with Crippen molar-refractivity contribution in [3.05, 3.63) is 10.0 Å². The van der Waals surface area contributed by atoms with Crippen LogP contribution in [0.25, 0.3) is 0 Å². The van der Waals surface area contributed by atoms with E-state index in [1.165, 1.54) is 5.01 Å². The van der Waals surface area contributed by atoms with Gasteiger partial charge in [-0.25, -0.2) is 0 Å². The van der Waals surface area contributed by atoms with Crippen molar-refractivity contribution in [3.63, 3.8) is 0 Å². The van der Waals surface area contributed by atoms with Gasteiger partial charge in [0.2, 0.25) is 0 Å². The van der Waals surface area contributed by atoms with Gasteiger partial charge in [-0.05, 0) is 31.6 Å². The molecular weight excluding hydrogens is 254 g/mol. The average molecular weight is 281 g/mol. The van der Waals surface area contributed by atoms with Crippen LogP contribution in [-0.2, 0) is 6.42 Å². The molecule has 0 aromatic carbocycles. The minimum Gasteiger partial charge on any atom is -0.312 e. The Labute approximate surface area is 121 Å². The summed E-state index contributed by atoms with van der Waals surface area (Å²) in [5.74, 6) is 0.571. The summed E-state index contributed by atoms with van der Waals surface area (Å²) in [4.78, 5) is 0. The SMILES string of the molecule is CC(C)(C)NCCc1nnc(C2C(C)(C)C2(C)C)s1. The summed E-state index contributed by atoms with van der Waals surface area (Å²) in [6, 6.07) is 0. The monoisotopic (exact) mass is 281 g/mol. The predicted molar refractivity (Wildman–Crippen MR) is 81.7 cm³/mol. The van der Waals surface area contributed by atoms with Crippen molar-refractivity contribution in [2.75, 3.05) is 6.54 Å². The summed E-state index contributed by atoms with van der Waals surface area (Å²) in [6.07, 6.45) is 0.975. The fraction of sp³-hybridized carbons (Fsp3) is 0.867. The highest BCUT2D eigenvalue weighted by molar-refractivity contribution is 7.11. The summed E-state index contributed by atoms with van der Waals surface area (Å²) in [5.41, 5.74) is 0.884. The second kappa shape index (κ2) is 4.52. The van der Waals surface area contributed by atoms with Gasteiger partial charge in [0.1, 0.15) is 10.0 Å².